The minimum atomic E-state index is -0.401. The Morgan fingerprint density at radius 2 is 1.74 bits per heavy atom. The van der Waals surface area contributed by atoms with Crippen molar-refractivity contribution < 1.29 is 19.1 Å². The number of thiophene rings is 1. The minimum Gasteiger partial charge on any atom is -0.465 e. The first-order valence-corrected chi connectivity index (χ1v) is 13.6. The molecule has 1 amide bonds. The van der Waals surface area contributed by atoms with Crippen LogP contribution in [-0.2, 0) is 14.3 Å². The molecule has 0 atom stereocenters. The fraction of sp³-hybridized carbons (Fsp3) is 0.714. The van der Waals surface area contributed by atoms with Crippen LogP contribution < -0.4 is 4.90 Å². The van der Waals surface area contributed by atoms with Crippen LogP contribution in [0.5, 0.6) is 0 Å². The molecule has 3 rings (SSSR count). The van der Waals surface area contributed by atoms with Gasteiger partial charge < -0.3 is 14.4 Å². The molecule has 0 bridgehead atoms. The van der Waals surface area contributed by atoms with E-state index < -0.39 is 5.97 Å². The van der Waals surface area contributed by atoms with Crippen molar-refractivity contribution in [1.82, 2.24) is 0 Å². The minimum absolute atomic E-state index is 0.00956. The number of amides is 1. The molecule has 2 aliphatic rings. The van der Waals surface area contributed by atoms with Gasteiger partial charge in [0.1, 0.15) is 4.88 Å². The van der Waals surface area contributed by atoms with E-state index in [1.807, 2.05) is 17.9 Å². The van der Waals surface area contributed by atoms with E-state index in [2.05, 4.69) is 39.5 Å². The summed E-state index contributed by atoms with van der Waals surface area (Å²) in [5, 5.41) is 0. The molecule has 34 heavy (non-hydrogen) atoms. The maximum absolute atomic E-state index is 14.0. The van der Waals surface area contributed by atoms with Gasteiger partial charge in [-0.2, -0.15) is 0 Å². The quantitative estimate of drug-likeness (QED) is 0.342. The fourth-order valence-electron chi connectivity index (χ4n) is 5.01. The summed E-state index contributed by atoms with van der Waals surface area (Å²) in [5.74, 6) is 6.93. The van der Waals surface area contributed by atoms with Crippen molar-refractivity contribution in [2.24, 2.45) is 17.3 Å². The Bertz CT molecular complexity index is 903. The Balaban J connectivity index is 1.99. The van der Waals surface area contributed by atoms with Gasteiger partial charge in [0.05, 0.1) is 23.8 Å². The molecule has 0 N–H and O–H groups in total. The van der Waals surface area contributed by atoms with Gasteiger partial charge in [0, 0.05) is 24.0 Å². The van der Waals surface area contributed by atoms with Crippen molar-refractivity contribution in [2.75, 3.05) is 18.6 Å². The third-order valence-corrected chi connectivity index (χ3v) is 7.94. The van der Waals surface area contributed by atoms with Crippen LogP contribution in [0, 0.1) is 29.1 Å². The van der Waals surface area contributed by atoms with Gasteiger partial charge in [-0.05, 0) is 91.0 Å². The van der Waals surface area contributed by atoms with Crippen molar-refractivity contribution in [3.63, 3.8) is 0 Å². The molecule has 1 heterocycles. The van der Waals surface area contributed by atoms with Gasteiger partial charge in [-0.15, -0.1) is 11.3 Å². The fourth-order valence-corrected chi connectivity index (χ4v) is 5.94. The van der Waals surface area contributed by atoms with E-state index in [9.17, 15) is 9.59 Å². The lowest BCUT2D eigenvalue weighted by molar-refractivity contribution is -0.124. The lowest BCUT2D eigenvalue weighted by Crippen LogP contribution is -2.47. The topological polar surface area (TPSA) is 55.8 Å². The first-order chi connectivity index (χ1) is 16.1. The van der Waals surface area contributed by atoms with Crippen molar-refractivity contribution in [3.05, 3.63) is 15.8 Å². The summed E-state index contributed by atoms with van der Waals surface area (Å²) in [6.07, 6.45) is 7.85. The molecule has 0 aliphatic heterocycles. The molecule has 0 aromatic carbocycles. The van der Waals surface area contributed by atoms with E-state index in [0.717, 1.165) is 56.2 Å². The van der Waals surface area contributed by atoms with Gasteiger partial charge in [-0.3, -0.25) is 4.79 Å². The van der Waals surface area contributed by atoms with Crippen molar-refractivity contribution in [2.45, 2.75) is 98.1 Å². The Morgan fingerprint density at radius 1 is 1.09 bits per heavy atom. The largest absolute Gasteiger partial charge is 0.465 e. The van der Waals surface area contributed by atoms with E-state index in [-0.39, 0.29) is 29.4 Å². The van der Waals surface area contributed by atoms with Gasteiger partial charge >= 0.3 is 5.97 Å². The maximum atomic E-state index is 14.0. The molecule has 6 heteroatoms. The zero-order chi connectivity index (χ0) is 24.9. The number of ether oxygens (including phenoxy) is 2. The van der Waals surface area contributed by atoms with E-state index in [1.54, 1.807) is 0 Å². The monoisotopic (exact) mass is 487 g/mol. The highest BCUT2D eigenvalue weighted by molar-refractivity contribution is 7.15. The van der Waals surface area contributed by atoms with Gasteiger partial charge in [0.15, 0.2) is 0 Å². The van der Waals surface area contributed by atoms with E-state index in [4.69, 9.17) is 9.47 Å². The van der Waals surface area contributed by atoms with Gasteiger partial charge in [-0.25, -0.2) is 4.79 Å². The lowest BCUT2D eigenvalue weighted by atomic mass is 9.81. The Labute approximate surface area is 209 Å². The predicted octanol–water partition coefficient (Wildman–Crippen LogP) is 6.44. The molecular weight excluding hydrogens is 446 g/mol. The lowest BCUT2D eigenvalue weighted by Gasteiger charge is -2.39. The molecule has 188 valence electrons. The summed E-state index contributed by atoms with van der Waals surface area (Å²) < 4.78 is 11.0. The summed E-state index contributed by atoms with van der Waals surface area (Å²) in [4.78, 5) is 30.0. The molecule has 2 aliphatic carbocycles. The Kier molecular flexibility index (Phi) is 9.23. The van der Waals surface area contributed by atoms with Crippen LogP contribution in [0.4, 0.5) is 5.69 Å². The first-order valence-electron chi connectivity index (χ1n) is 12.8. The van der Waals surface area contributed by atoms with Crippen molar-refractivity contribution in [1.29, 1.82) is 0 Å². The second-order valence-electron chi connectivity index (χ2n) is 10.9. The maximum Gasteiger partial charge on any atom is 0.350 e. The third-order valence-electron chi connectivity index (χ3n) is 6.92. The second-order valence-corrected chi connectivity index (χ2v) is 11.9. The number of esters is 1. The van der Waals surface area contributed by atoms with E-state index in [1.165, 1.54) is 18.4 Å². The van der Waals surface area contributed by atoms with Crippen molar-refractivity contribution in [3.8, 4) is 11.8 Å². The number of rotatable bonds is 6. The number of hydrogen-bond donors (Lipinski definition) is 0. The summed E-state index contributed by atoms with van der Waals surface area (Å²) in [5.41, 5.74) is 0.528. The zero-order valence-corrected chi connectivity index (χ0v) is 22.6. The van der Waals surface area contributed by atoms with Crippen LogP contribution in [-0.4, -0.2) is 37.7 Å². The number of carbonyl (C=O) groups is 2. The molecule has 1 aromatic heterocycles. The van der Waals surface area contributed by atoms with Crippen LogP contribution in [0.25, 0.3) is 0 Å². The number of carbonyl (C=O) groups excluding carboxylic acids is 2. The highest BCUT2D eigenvalue weighted by Crippen LogP contribution is 2.39. The molecule has 0 radical (unpaired) electrons. The summed E-state index contributed by atoms with van der Waals surface area (Å²) in [7, 11) is 1.40. The number of hydrogen-bond acceptors (Lipinski definition) is 5. The van der Waals surface area contributed by atoms with Crippen LogP contribution in [0.3, 0.4) is 0 Å². The molecule has 2 fully saturated rings. The standard InChI is InChI=1S/C28H41NO4S/c1-7-33-22-14-12-21(13-15-22)29(26(30)20-10-8-19(2)9-11-20)24-18-23(16-17-28(3,4)5)34-25(24)27(31)32-6/h18-22H,7-15H2,1-6H3. The van der Waals surface area contributed by atoms with E-state index in [0.29, 0.717) is 23.1 Å². The molecular formula is C28H41NO4S. The van der Waals surface area contributed by atoms with Crippen LogP contribution >= 0.6 is 11.3 Å². The van der Waals surface area contributed by atoms with Crippen molar-refractivity contribution >= 4 is 28.9 Å². The summed E-state index contributed by atoms with van der Waals surface area (Å²) >= 11 is 1.33. The number of anilines is 1. The predicted molar refractivity (Wildman–Crippen MR) is 138 cm³/mol. The Morgan fingerprint density at radius 3 is 2.29 bits per heavy atom. The van der Waals surface area contributed by atoms with Crippen LogP contribution in [0.2, 0.25) is 0 Å². The molecule has 0 spiro atoms. The molecule has 2 saturated carbocycles. The first kappa shape index (κ1) is 26.8. The summed E-state index contributed by atoms with van der Waals surface area (Å²) in [6.45, 7) is 11.2. The SMILES string of the molecule is CCOC1CCC(N(C(=O)C2CCC(C)CC2)c2cc(C#CC(C)(C)C)sc2C(=O)OC)CC1. The average Bonchev–Trinajstić information content (AvgIpc) is 3.22. The highest BCUT2D eigenvalue weighted by Gasteiger charge is 2.37. The number of methoxy groups -OCH3 is 1. The molecule has 1 aromatic rings. The van der Waals surface area contributed by atoms with Gasteiger partial charge in [-0.1, -0.05) is 18.8 Å². The molecule has 0 unspecified atom stereocenters. The molecule has 5 nitrogen and oxygen atoms in total. The third kappa shape index (κ3) is 6.86. The Hall–Kier alpha value is -1.84. The van der Waals surface area contributed by atoms with Crippen LogP contribution in [0.15, 0.2) is 6.07 Å². The van der Waals surface area contributed by atoms with Gasteiger partial charge in [0.2, 0.25) is 5.91 Å². The van der Waals surface area contributed by atoms with Gasteiger partial charge in [0.25, 0.3) is 0 Å². The van der Waals surface area contributed by atoms with Crippen LogP contribution in [0.1, 0.15) is 101 Å². The second kappa shape index (κ2) is 11.7. The normalized spacial score (nSPS) is 25.2. The summed E-state index contributed by atoms with van der Waals surface area (Å²) in [6, 6.07) is 2.00. The average molecular weight is 488 g/mol. The number of nitrogens with zero attached hydrogens (tertiary/aromatic N) is 1. The highest BCUT2D eigenvalue weighted by atomic mass is 32.1. The van der Waals surface area contributed by atoms with E-state index >= 15 is 0 Å². The zero-order valence-electron chi connectivity index (χ0n) is 21.7. The smallest absolute Gasteiger partial charge is 0.350 e. The molecule has 0 saturated heterocycles.